The lowest BCUT2D eigenvalue weighted by Crippen LogP contribution is -2.15. The van der Waals surface area contributed by atoms with Crippen molar-refractivity contribution in [2.45, 2.75) is 51.0 Å². The normalized spacial score (nSPS) is 19.7. The molecule has 2 unspecified atom stereocenters. The Labute approximate surface area is 113 Å². The summed E-state index contributed by atoms with van der Waals surface area (Å²) in [6.07, 6.45) is 3.90. The fourth-order valence-corrected chi connectivity index (χ4v) is 2.93. The fraction of sp³-hybridized carbons (Fsp3) is 0.600. The topological polar surface area (TPSA) is 9.23 Å². The molecule has 1 aromatic rings. The fourth-order valence-electron chi connectivity index (χ4n) is 2.45. The number of benzene rings is 1. The molecule has 0 aliphatic carbocycles. The van der Waals surface area contributed by atoms with Gasteiger partial charge in [0.2, 0.25) is 0 Å². The summed E-state index contributed by atoms with van der Waals surface area (Å²) in [7, 11) is 0. The summed E-state index contributed by atoms with van der Waals surface area (Å²) in [6.45, 7) is 4.36. The molecule has 3 heteroatoms. The van der Waals surface area contributed by atoms with E-state index in [-0.39, 0.29) is 17.3 Å². The van der Waals surface area contributed by atoms with Crippen molar-refractivity contribution in [2.24, 2.45) is 5.92 Å². The molecule has 1 aromatic carbocycles. The van der Waals surface area contributed by atoms with Crippen LogP contribution in [0.15, 0.2) is 18.2 Å². The lowest BCUT2D eigenvalue weighted by atomic mass is 10.0. The summed E-state index contributed by atoms with van der Waals surface area (Å²) in [5.74, 6) is 1.27. The molecule has 0 fully saturated rings. The Morgan fingerprint density at radius 2 is 2.22 bits per heavy atom. The molecular formula is C15H20ClFO. The van der Waals surface area contributed by atoms with Crippen LogP contribution in [-0.4, -0.2) is 11.5 Å². The standard InChI is InChI=1S/C15H20ClFO/c1-10(2)7-12(16)3-5-14-9-11-8-13(17)4-6-15(11)18-14/h4,6,8,10,12,14H,3,5,7,9H2,1-2H3. The van der Waals surface area contributed by atoms with Gasteiger partial charge in [-0.15, -0.1) is 11.6 Å². The van der Waals surface area contributed by atoms with Gasteiger partial charge < -0.3 is 4.74 Å². The Kier molecular flexibility index (Phi) is 4.50. The van der Waals surface area contributed by atoms with Gasteiger partial charge in [-0.1, -0.05) is 13.8 Å². The van der Waals surface area contributed by atoms with Gasteiger partial charge in [0.1, 0.15) is 17.7 Å². The average Bonchev–Trinajstić information content (AvgIpc) is 2.67. The summed E-state index contributed by atoms with van der Waals surface area (Å²) in [5, 5.41) is 0.217. The summed E-state index contributed by atoms with van der Waals surface area (Å²) >= 11 is 6.28. The number of rotatable bonds is 5. The van der Waals surface area contributed by atoms with Crippen LogP contribution < -0.4 is 4.74 Å². The minimum absolute atomic E-state index is 0.162. The quantitative estimate of drug-likeness (QED) is 0.713. The van der Waals surface area contributed by atoms with E-state index in [4.69, 9.17) is 16.3 Å². The van der Waals surface area contributed by atoms with Gasteiger partial charge in [0.25, 0.3) is 0 Å². The second-order valence-corrected chi connectivity index (χ2v) is 6.12. The van der Waals surface area contributed by atoms with Crippen LogP contribution in [0, 0.1) is 11.7 Å². The van der Waals surface area contributed by atoms with E-state index in [0.29, 0.717) is 5.92 Å². The molecule has 0 N–H and O–H groups in total. The van der Waals surface area contributed by atoms with Crippen LogP contribution in [0.5, 0.6) is 5.75 Å². The van der Waals surface area contributed by atoms with E-state index in [9.17, 15) is 4.39 Å². The first-order valence-corrected chi connectivity index (χ1v) is 7.07. The zero-order chi connectivity index (χ0) is 13.1. The Hall–Kier alpha value is -0.760. The smallest absolute Gasteiger partial charge is 0.123 e. The molecule has 18 heavy (non-hydrogen) atoms. The molecule has 100 valence electrons. The molecule has 0 bridgehead atoms. The van der Waals surface area contributed by atoms with E-state index >= 15 is 0 Å². The van der Waals surface area contributed by atoms with E-state index in [2.05, 4.69) is 13.8 Å². The predicted octanol–water partition coefficient (Wildman–Crippen LogP) is 4.56. The SMILES string of the molecule is CC(C)CC(Cl)CCC1Cc2cc(F)ccc2O1. The van der Waals surface area contributed by atoms with E-state index in [1.807, 2.05) is 0 Å². The molecule has 0 saturated heterocycles. The van der Waals surface area contributed by atoms with Crippen molar-refractivity contribution in [3.05, 3.63) is 29.6 Å². The van der Waals surface area contributed by atoms with Crippen molar-refractivity contribution in [1.29, 1.82) is 0 Å². The highest BCUT2D eigenvalue weighted by molar-refractivity contribution is 6.20. The Morgan fingerprint density at radius 1 is 1.44 bits per heavy atom. The Balaban J connectivity index is 1.81. The van der Waals surface area contributed by atoms with E-state index in [0.717, 1.165) is 37.0 Å². The molecular weight excluding hydrogens is 251 g/mol. The summed E-state index contributed by atoms with van der Waals surface area (Å²) < 4.78 is 18.9. The third-order valence-corrected chi connectivity index (χ3v) is 3.69. The maximum absolute atomic E-state index is 13.1. The lowest BCUT2D eigenvalue weighted by Gasteiger charge is -2.15. The van der Waals surface area contributed by atoms with Crippen molar-refractivity contribution in [3.63, 3.8) is 0 Å². The van der Waals surface area contributed by atoms with Crippen molar-refractivity contribution in [3.8, 4) is 5.75 Å². The number of hydrogen-bond acceptors (Lipinski definition) is 1. The maximum Gasteiger partial charge on any atom is 0.123 e. The van der Waals surface area contributed by atoms with Gasteiger partial charge in [-0.2, -0.15) is 0 Å². The highest BCUT2D eigenvalue weighted by Crippen LogP contribution is 2.31. The second-order valence-electron chi connectivity index (χ2n) is 5.50. The molecule has 1 heterocycles. The second kappa shape index (κ2) is 5.92. The molecule has 2 rings (SSSR count). The van der Waals surface area contributed by atoms with Crippen LogP contribution in [0.2, 0.25) is 0 Å². The van der Waals surface area contributed by atoms with Gasteiger partial charge in [0.05, 0.1) is 0 Å². The van der Waals surface area contributed by atoms with Crippen LogP contribution >= 0.6 is 11.6 Å². The van der Waals surface area contributed by atoms with Crippen LogP contribution in [0.4, 0.5) is 4.39 Å². The van der Waals surface area contributed by atoms with Crippen molar-refractivity contribution in [2.75, 3.05) is 0 Å². The van der Waals surface area contributed by atoms with Crippen LogP contribution in [0.25, 0.3) is 0 Å². The number of ether oxygens (including phenoxy) is 1. The van der Waals surface area contributed by atoms with E-state index in [1.54, 1.807) is 12.1 Å². The lowest BCUT2D eigenvalue weighted by molar-refractivity contribution is 0.216. The third kappa shape index (κ3) is 3.61. The van der Waals surface area contributed by atoms with Crippen LogP contribution in [-0.2, 0) is 6.42 Å². The number of fused-ring (bicyclic) bond motifs is 1. The molecule has 0 aromatic heterocycles. The maximum atomic E-state index is 13.1. The van der Waals surface area contributed by atoms with Gasteiger partial charge in [0, 0.05) is 17.4 Å². The van der Waals surface area contributed by atoms with Gasteiger partial charge in [-0.3, -0.25) is 0 Å². The Bertz CT molecular complexity index is 405. The van der Waals surface area contributed by atoms with Gasteiger partial charge in [0.15, 0.2) is 0 Å². The zero-order valence-corrected chi connectivity index (χ0v) is 11.7. The molecule has 0 saturated carbocycles. The van der Waals surface area contributed by atoms with E-state index in [1.165, 1.54) is 6.07 Å². The summed E-state index contributed by atoms with van der Waals surface area (Å²) in [5.41, 5.74) is 0.981. The van der Waals surface area contributed by atoms with Crippen LogP contribution in [0.1, 0.15) is 38.7 Å². The first kappa shape index (κ1) is 13.7. The molecule has 0 spiro atoms. The summed E-state index contributed by atoms with van der Waals surface area (Å²) in [6, 6.07) is 4.74. The van der Waals surface area contributed by atoms with Crippen LogP contribution in [0.3, 0.4) is 0 Å². The largest absolute Gasteiger partial charge is 0.490 e. The van der Waals surface area contributed by atoms with Gasteiger partial charge >= 0.3 is 0 Å². The van der Waals surface area contributed by atoms with Crippen molar-refractivity contribution >= 4 is 11.6 Å². The van der Waals surface area contributed by atoms with Gasteiger partial charge in [-0.05, 0) is 43.4 Å². The first-order chi connectivity index (χ1) is 8.54. The molecule has 1 aliphatic heterocycles. The average molecular weight is 271 g/mol. The molecule has 2 atom stereocenters. The number of halogens is 2. The predicted molar refractivity (Wildman–Crippen MR) is 72.9 cm³/mol. The van der Waals surface area contributed by atoms with Crippen molar-refractivity contribution in [1.82, 2.24) is 0 Å². The Morgan fingerprint density at radius 3 is 2.94 bits per heavy atom. The highest BCUT2D eigenvalue weighted by Gasteiger charge is 2.23. The monoisotopic (exact) mass is 270 g/mol. The molecule has 1 aliphatic rings. The van der Waals surface area contributed by atoms with E-state index < -0.39 is 0 Å². The number of alkyl halides is 1. The van der Waals surface area contributed by atoms with Crippen molar-refractivity contribution < 1.29 is 9.13 Å². The molecule has 0 amide bonds. The van der Waals surface area contributed by atoms with Gasteiger partial charge in [-0.25, -0.2) is 4.39 Å². The number of hydrogen-bond donors (Lipinski definition) is 0. The summed E-state index contributed by atoms with van der Waals surface area (Å²) in [4.78, 5) is 0. The third-order valence-electron chi connectivity index (χ3n) is 3.29. The molecule has 0 radical (unpaired) electrons. The minimum atomic E-state index is -0.187. The minimum Gasteiger partial charge on any atom is -0.490 e. The first-order valence-electron chi connectivity index (χ1n) is 6.63. The highest BCUT2D eigenvalue weighted by atomic mass is 35.5. The molecule has 1 nitrogen and oxygen atoms in total. The zero-order valence-electron chi connectivity index (χ0n) is 11.0.